The molecule has 0 aliphatic carbocycles. The van der Waals surface area contributed by atoms with Crippen LogP contribution in [0.2, 0.25) is 0 Å². The van der Waals surface area contributed by atoms with Crippen molar-refractivity contribution < 1.29 is 0 Å². The molecule has 0 aliphatic rings. The fraction of sp³-hybridized carbons (Fsp3) is 0.857. The summed E-state index contributed by atoms with van der Waals surface area (Å²) in [5.74, 6) is 0. The van der Waals surface area contributed by atoms with E-state index in [1.807, 2.05) is 0 Å². The Morgan fingerprint density at radius 1 is 0.929 bits per heavy atom. The van der Waals surface area contributed by atoms with Crippen LogP contribution in [0, 0.1) is 10.8 Å². The van der Waals surface area contributed by atoms with Crippen LogP contribution in [0.5, 0.6) is 0 Å². The van der Waals surface area contributed by atoms with Crippen molar-refractivity contribution in [3.05, 3.63) is 12.2 Å². The minimum absolute atomic E-state index is 0.391. The molecule has 0 radical (unpaired) electrons. The minimum Gasteiger partial charge on any atom is -0.0885 e. The van der Waals surface area contributed by atoms with E-state index in [9.17, 15) is 0 Å². The monoisotopic (exact) mass is 196 g/mol. The summed E-state index contributed by atoms with van der Waals surface area (Å²) in [4.78, 5) is 0. The molecule has 0 nitrogen and oxygen atoms in total. The van der Waals surface area contributed by atoms with Crippen LogP contribution < -0.4 is 0 Å². The van der Waals surface area contributed by atoms with Crippen LogP contribution in [0.3, 0.4) is 0 Å². The molecule has 0 heterocycles. The van der Waals surface area contributed by atoms with Gasteiger partial charge in [0.05, 0.1) is 0 Å². The lowest BCUT2D eigenvalue weighted by Gasteiger charge is -2.38. The van der Waals surface area contributed by atoms with E-state index in [0.717, 1.165) is 0 Å². The number of hydrogen-bond acceptors (Lipinski definition) is 0. The lowest BCUT2D eigenvalue weighted by atomic mass is 9.67. The van der Waals surface area contributed by atoms with Gasteiger partial charge in [-0.1, -0.05) is 66.5 Å². The van der Waals surface area contributed by atoms with Crippen LogP contribution in [-0.4, -0.2) is 0 Å². The van der Waals surface area contributed by atoms with Crippen LogP contribution in [0.25, 0.3) is 0 Å². The Morgan fingerprint density at radius 3 is 1.93 bits per heavy atom. The first-order valence-corrected chi connectivity index (χ1v) is 5.96. The van der Waals surface area contributed by atoms with Gasteiger partial charge in [-0.3, -0.25) is 0 Å². The molecular formula is C14H28. The van der Waals surface area contributed by atoms with Gasteiger partial charge >= 0.3 is 0 Å². The number of hydrogen-bond donors (Lipinski definition) is 0. The van der Waals surface area contributed by atoms with Crippen LogP contribution in [0.15, 0.2) is 12.2 Å². The van der Waals surface area contributed by atoms with Crippen molar-refractivity contribution in [2.24, 2.45) is 10.8 Å². The predicted octanol–water partition coefficient (Wildman–Crippen LogP) is 5.20. The molecule has 0 saturated heterocycles. The van der Waals surface area contributed by atoms with E-state index in [0.29, 0.717) is 10.8 Å². The van der Waals surface area contributed by atoms with E-state index in [2.05, 4.69) is 53.7 Å². The first-order chi connectivity index (χ1) is 6.31. The normalized spacial score (nSPS) is 13.9. The Hall–Kier alpha value is -0.260. The van der Waals surface area contributed by atoms with Gasteiger partial charge in [0.2, 0.25) is 0 Å². The molecule has 0 aromatic heterocycles. The maximum Gasteiger partial charge on any atom is -0.0271 e. The van der Waals surface area contributed by atoms with Gasteiger partial charge in [0.25, 0.3) is 0 Å². The zero-order valence-electron chi connectivity index (χ0n) is 11.0. The zero-order valence-corrected chi connectivity index (χ0v) is 11.0. The third-order valence-corrected chi connectivity index (χ3v) is 3.55. The molecule has 0 fully saturated rings. The summed E-state index contributed by atoms with van der Waals surface area (Å²) in [6.45, 7) is 13.9. The molecule has 0 bridgehead atoms. The van der Waals surface area contributed by atoms with E-state index in [4.69, 9.17) is 0 Å². The molecule has 14 heavy (non-hydrogen) atoms. The Kier molecular flexibility index (Phi) is 5.48. The lowest BCUT2D eigenvalue weighted by Crippen LogP contribution is -2.28. The minimum atomic E-state index is 0.391. The second-order valence-electron chi connectivity index (χ2n) is 5.95. The zero-order chi connectivity index (χ0) is 11.2. The van der Waals surface area contributed by atoms with Gasteiger partial charge in [-0.15, -0.1) is 0 Å². The molecule has 0 atom stereocenters. The van der Waals surface area contributed by atoms with Gasteiger partial charge in [-0.05, 0) is 23.7 Å². The summed E-state index contributed by atoms with van der Waals surface area (Å²) in [6.07, 6.45) is 9.77. The molecule has 0 aromatic rings. The molecule has 0 heteroatoms. The van der Waals surface area contributed by atoms with Gasteiger partial charge in [0.15, 0.2) is 0 Å². The topological polar surface area (TPSA) is 0 Å². The highest BCUT2D eigenvalue weighted by atomic mass is 14.4. The van der Waals surface area contributed by atoms with Crippen molar-refractivity contribution in [3.63, 3.8) is 0 Å². The number of rotatable bonds is 5. The maximum atomic E-state index is 2.36. The summed E-state index contributed by atoms with van der Waals surface area (Å²) >= 11 is 0. The molecule has 0 aliphatic heterocycles. The van der Waals surface area contributed by atoms with E-state index >= 15 is 0 Å². The lowest BCUT2D eigenvalue weighted by molar-refractivity contribution is 0.135. The van der Waals surface area contributed by atoms with Gasteiger partial charge in [0.1, 0.15) is 0 Å². The first kappa shape index (κ1) is 13.7. The number of allylic oxidation sites excluding steroid dienone is 2. The van der Waals surface area contributed by atoms with E-state index in [1.165, 1.54) is 25.7 Å². The molecule has 0 rings (SSSR count). The van der Waals surface area contributed by atoms with E-state index < -0.39 is 0 Å². The first-order valence-electron chi connectivity index (χ1n) is 5.96. The third-order valence-electron chi connectivity index (χ3n) is 3.55. The number of unbranched alkanes of at least 4 members (excludes halogenated alkanes) is 2. The largest absolute Gasteiger partial charge is 0.0885 e. The van der Waals surface area contributed by atoms with Crippen molar-refractivity contribution in [2.75, 3.05) is 0 Å². The summed E-state index contributed by atoms with van der Waals surface area (Å²) < 4.78 is 0. The summed E-state index contributed by atoms with van der Waals surface area (Å²) in [6, 6.07) is 0. The molecule has 0 amide bonds. The van der Waals surface area contributed by atoms with Crippen molar-refractivity contribution in [1.82, 2.24) is 0 Å². The Morgan fingerprint density at radius 2 is 1.50 bits per heavy atom. The fourth-order valence-corrected chi connectivity index (χ4v) is 1.12. The summed E-state index contributed by atoms with van der Waals surface area (Å²) in [5.41, 5.74) is 0.789. The van der Waals surface area contributed by atoms with Crippen molar-refractivity contribution in [1.29, 1.82) is 0 Å². The molecule has 0 N–H and O–H groups in total. The predicted molar refractivity (Wildman–Crippen MR) is 66.5 cm³/mol. The Balaban J connectivity index is 3.93. The second-order valence-corrected chi connectivity index (χ2v) is 5.95. The molecule has 0 aromatic carbocycles. The molecule has 84 valence electrons. The smallest absolute Gasteiger partial charge is 0.0271 e. The average Bonchev–Trinajstić information content (AvgIpc) is 2.02. The fourth-order valence-electron chi connectivity index (χ4n) is 1.12. The highest BCUT2D eigenvalue weighted by Gasteiger charge is 2.31. The standard InChI is InChI=1S/C14H28/c1-7-8-9-10-11-12-14(5,6)13(2,3)4/h10-11H,7-9,12H2,1-6H3. The van der Waals surface area contributed by atoms with Crippen LogP contribution in [0.1, 0.15) is 67.2 Å². The molecule has 0 spiro atoms. The molecule has 0 saturated carbocycles. The van der Waals surface area contributed by atoms with Crippen LogP contribution in [-0.2, 0) is 0 Å². The Bertz CT molecular complexity index is 167. The van der Waals surface area contributed by atoms with Crippen LogP contribution >= 0.6 is 0 Å². The van der Waals surface area contributed by atoms with Gasteiger partial charge in [0, 0.05) is 0 Å². The Labute approximate surface area is 90.8 Å². The van der Waals surface area contributed by atoms with Gasteiger partial charge < -0.3 is 0 Å². The highest BCUT2D eigenvalue weighted by Crippen LogP contribution is 2.40. The van der Waals surface area contributed by atoms with E-state index in [1.54, 1.807) is 0 Å². The molecular weight excluding hydrogens is 168 g/mol. The maximum absolute atomic E-state index is 2.36. The SMILES string of the molecule is CCCCC=CCC(C)(C)C(C)(C)C. The second kappa shape index (κ2) is 5.58. The average molecular weight is 196 g/mol. The van der Waals surface area contributed by atoms with E-state index in [-0.39, 0.29) is 0 Å². The van der Waals surface area contributed by atoms with Crippen molar-refractivity contribution in [2.45, 2.75) is 67.2 Å². The van der Waals surface area contributed by atoms with Crippen LogP contribution in [0.4, 0.5) is 0 Å². The molecule has 0 unspecified atom stereocenters. The van der Waals surface area contributed by atoms with Crippen molar-refractivity contribution >= 4 is 0 Å². The summed E-state index contributed by atoms with van der Waals surface area (Å²) in [7, 11) is 0. The van der Waals surface area contributed by atoms with Gasteiger partial charge in [-0.25, -0.2) is 0 Å². The summed E-state index contributed by atoms with van der Waals surface area (Å²) in [5, 5.41) is 0. The van der Waals surface area contributed by atoms with Gasteiger partial charge in [-0.2, -0.15) is 0 Å². The third kappa shape index (κ3) is 4.83. The van der Waals surface area contributed by atoms with Crippen molar-refractivity contribution in [3.8, 4) is 0 Å². The highest BCUT2D eigenvalue weighted by molar-refractivity contribution is 4.92. The quantitative estimate of drug-likeness (QED) is 0.419.